The van der Waals surface area contributed by atoms with Crippen molar-refractivity contribution in [1.82, 2.24) is 20.1 Å². The molecular weight excluding hydrogens is 605 g/mol. The van der Waals surface area contributed by atoms with E-state index in [0.717, 1.165) is 45.6 Å². The van der Waals surface area contributed by atoms with E-state index in [1.54, 1.807) is 6.07 Å². The first kappa shape index (κ1) is 31.7. The molecular formula is C33H38ClF3N6O2. The number of carbonyl (C=O) groups is 2. The molecule has 1 saturated carbocycles. The van der Waals surface area contributed by atoms with Crippen LogP contribution in [0.5, 0.6) is 0 Å². The fourth-order valence-corrected chi connectivity index (χ4v) is 7.24. The van der Waals surface area contributed by atoms with Gasteiger partial charge in [0.2, 0.25) is 11.6 Å². The topological polar surface area (TPSA) is 80.8 Å². The minimum absolute atomic E-state index is 0.155. The van der Waals surface area contributed by atoms with Gasteiger partial charge < -0.3 is 10.2 Å². The predicted molar refractivity (Wildman–Crippen MR) is 170 cm³/mol. The number of rotatable bonds is 8. The molecule has 0 spiro atoms. The van der Waals surface area contributed by atoms with Crippen LogP contribution in [0.3, 0.4) is 0 Å². The van der Waals surface area contributed by atoms with Crippen molar-refractivity contribution in [1.29, 1.82) is 0 Å². The molecule has 3 aromatic rings. The lowest BCUT2D eigenvalue weighted by Crippen LogP contribution is -2.67. The van der Waals surface area contributed by atoms with E-state index < -0.39 is 36.4 Å². The highest BCUT2D eigenvalue weighted by molar-refractivity contribution is 6.49. The lowest BCUT2D eigenvalue weighted by Gasteiger charge is -2.49. The lowest BCUT2D eigenvalue weighted by molar-refractivity contribution is -0.149. The van der Waals surface area contributed by atoms with E-state index in [1.807, 2.05) is 0 Å². The molecule has 240 valence electrons. The first-order valence-corrected chi connectivity index (χ1v) is 15.9. The lowest BCUT2D eigenvalue weighted by atomic mass is 9.83. The Morgan fingerprint density at radius 1 is 0.933 bits per heavy atom. The maximum atomic E-state index is 12.6. The summed E-state index contributed by atoms with van der Waals surface area (Å²) < 4.78 is 37.9. The minimum atomic E-state index is -4.50. The maximum Gasteiger partial charge on any atom is 0.401 e. The number of fused-ring (bicyclic) bond motifs is 1. The first-order chi connectivity index (χ1) is 21.5. The van der Waals surface area contributed by atoms with Gasteiger partial charge in [0.15, 0.2) is 0 Å². The van der Waals surface area contributed by atoms with Crippen molar-refractivity contribution in [3.63, 3.8) is 0 Å². The van der Waals surface area contributed by atoms with Crippen molar-refractivity contribution < 1.29 is 22.8 Å². The molecule has 3 aliphatic rings. The number of benzene rings is 2. The Labute approximate surface area is 265 Å². The molecule has 8 nitrogen and oxygen atoms in total. The molecule has 3 fully saturated rings. The summed E-state index contributed by atoms with van der Waals surface area (Å²) in [5.41, 5.74) is 1.71. The Kier molecular flexibility index (Phi) is 9.07. The SMILES string of the molecule is C[C@@H]1CN(c2ncc(NC3C(=O)C(=O)C3NCC(F)(F)F)cc2Cl)[C@@H](C)CN1C1CCN(Cc2ccc3ccccc3c2)CC1. The molecule has 0 radical (unpaired) electrons. The molecule has 1 aromatic heterocycles. The van der Waals surface area contributed by atoms with Crippen LogP contribution >= 0.6 is 11.6 Å². The second kappa shape index (κ2) is 12.9. The number of carbonyl (C=O) groups excluding carboxylic acids is 2. The Morgan fingerprint density at radius 3 is 2.36 bits per heavy atom. The number of aromatic nitrogens is 1. The van der Waals surface area contributed by atoms with Gasteiger partial charge in [-0.05, 0) is 68.2 Å². The van der Waals surface area contributed by atoms with E-state index in [-0.39, 0.29) is 12.1 Å². The average Bonchev–Trinajstić information content (AvgIpc) is 3.01. The number of nitrogens with one attached hydrogen (secondary N) is 2. The Morgan fingerprint density at radius 2 is 1.64 bits per heavy atom. The molecule has 2 unspecified atom stereocenters. The number of Topliss-reactive ketones (excluding diaryl/α,β-unsaturated/α-hetero) is 2. The molecule has 0 amide bonds. The van der Waals surface area contributed by atoms with Crippen molar-refractivity contribution in [2.45, 2.75) is 69.6 Å². The van der Waals surface area contributed by atoms with E-state index in [0.29, 0.717) is 22.6 Å². The molecule has 2 saturated heterocycles. The molecule has 3 heterocycles. The van der Waals surface area contributed by atoms with Gasteiger partial charge in [0, 0.05) is 37.8 Å². The number of hydrogen-bond acceptors (Lipinski definition) is 8. The summed E-state index contributed by atoms with van der Waals surface area (Å²) in [6.07, 6.45) is -0.757. The number of halogens is 4. The van der Waals surface area contributed by atoms with Crippen molar-refractivity contribution in [2.24, 2.45) is 0 Å². The third-order valence-electron chi connectivity index (χ3n) is 9.36. The molecule has 4 atom stereocenters. The molecule has 0 bridgehead atoms. The van der Waals surface area contributed by atoms with Gasteiger partial charge in [-0.25, -0.2) is 4.98 Å². The first-order valence-electron chi connectivity index (χ1n) is 15.5. The summed E-state index contributed by atoms with van der Waals surface area (Å²) in [5.74, 6) is -1.02. The highest BCUT2D eigenvalue weighted by Gasteiger charge is 2.50. The standard InChI is InChI=1S/C33H38ClF3N6O2/c1-20-17-43(32-27(34)14-25(15-38-32)40-29-28(30(44)31(29)45)39-19-33(35,36)37)21(2)16-42(20)26-9-11-41(12-10-26)18-22-7-8-23-5-3-4-6-24(23)13-22/h3-8,13-15,20-21,26,28-29,39-40H,9-12,16-19H2,1-2H3/t20-,21+,28?,29?/m1/s1. The van der Waals surface area contributed by atoms with E-state index in [1.165, 1.54) is 22.5 Å². The van der Waals surface area contributed by atoms with Gasteiger partial charge in [-0.15, -0.1) is 0 Å². The van der Waals surface area contributed by atoms with Crippen molar-refractivity contribution in [3.8, 4) is 0 Å². The Bertz CT molecular complexity index is 1560. The second-order valence-corrected chi connectivity index (χ2v) is 13.0. The zero-order chi connectivity index (χ0) is 31.9. The summed E-state index contributed by atoms with van der Waals surface area (Å²) in [4.78, 5) is 35.9. The fourth-order valence-electron chi connectivity index (χ4n) is 6.96. The normalized spacial score (nSPS) is 25.5. The number of pyridine rings is 1. The average molecular weight is 643 g/mol. The number of likely N-dealkylation sites (tertiary alicyclic amines) is 1. The van der Waals surface area contributed by atoms with Crippen LogP contribution in [-0.4, -0.2) is 95.5 Å². The highest BCUT2D eigenvalue weighted by Crippen LogP contribution is 2.33. The van der Waals surface area contributed by atoms with E-state index in [4.69, 9.17) is 11.6 Å². The Hall–Kier alpha value is -3.25. The number of anilines is 2. The molecule has 2 N–H and O–H groups in total. The van der Waals surface area contributed by atoms with Gasteiger partial charge in [-0.1, -0.05) is 48.0 Å². The van der Waals surface area contributed by atoms with Crippen LogP contribution in [0.2, 0.25) is 5.02 Å². The number of nitrogens with zero attached hydrogens (tertiary/aromatic N) is 4. The zero-order valence-electron chi connectivity index (χ0n) is 25.4. The van der Waals surface area contributed by atoms with E-state index in [9.17, 15) is 22.8 Å². The molecule has 45 heavy (non-hydrogen) atoms. The number of piperidine rings is 1. The zero-order valence-corrected chi connectivity index (χ0v) is 26.1. The number of alkyl halides is 3. The van der Waals surface area contributed by atoms with Crippen molar-refractivity contribution >= 4 is 45.4 Å². The molecule has 12 heteroatoms. The van der Waals surface area contributed by atoms with Gasteiger partial charge in [0.25, 0.3) is 0 Å². The summed E-state index contributed by atoms with van der Waals surface area (Å²) in [6.45, 7) is 7.73. The quantitative estimate of drug-likeness (QED) is 0.336. The smallest absolute Gasteiger partial charge is 0.372 e. The van der Waals surface area contributed by atoms with Crippen LogP contribution in [0.15, 0.2) is 54.7 Å². The maximum absolute atomic E-state index is 12.6. The summed E-state index contributed by atoms with van der Waals surface area (Å²) >= 11 is 6.66. The molecule has 1 aliphatic carbocycles. The van der Waals surface area contributed by atoms with Gasteiger partial charge in [0.05, 0.1) is 23.5 Å². The number of hydrogen-bond donors (Lipinski definition) is 2. The summed E-state index contributed by atoms with van der Waals surface area (Å²) in [6, 6.07) is 15.4. The molecule has 2 aromatic carbocycles. The molecule has 2 aliphatic heterocycles. The van der Waals surface area contributed by atoms with Crippen LogP contribution < -0.4 is 15.5 Å². The monoisotopic (exact) mass is 642 g/mol. The van der Waals surface area contributed by atoms with Crippen LogP contribution in [0.4, 0.5) is 24.7 Å². The summed E-state index contributed by atoms with van der Waals surface area (Å²) in [5, 5.41) is 7.87. The largest absolute Gasteiger partial charge is 0.401 e. The van der Waals surface area contributed by atoms with Gasteiger partial charge in [-0.2, -0.15) is 13.2 Å². The van der Waals surface area contributed by atoms with E-state index >= 15 is 0 Å². The van der Waals surface area contributed by atoms with Gasteiger partial charge in [0.1, 0.15) is 17.9 Å². The van der Waals surface area contributed by atoms with Crippen LogP contribution in [0, 0.1) is 0 Å². The van der Waals surface area contributed by atoms with Crippen LogP contribution in [0.1, 0.15) is 32.3 Å². The number of ketones is 2. The third kappa shape index (κ3) is 6.96. The highest BCUT2D eigenvalue weighted by atomic mass is 35.5. The fraction of sp³-hybridized carbons (Fsp3) is 0.485. The van der Waals surface area contributed by atoms with E-state index in [2.05, 4.69) is 86.6 Å². The van der Waals surface area contributed by atoms with Crippen LogP contribution in [-0.2, 0) is 16.1 Å². The number of piperazine rings is 1. The molecule has 6 rings (SSSR count). The predicted octanol–water partition coefficient (Wildman–Crippen LogP) is 4.90. The summed E-state index contributed by atoms with van der Waals surface area (Å²) in [7, 11) is 0. The third-order valence-corrected chi connectivity index (χ3v) is 9.64. The van der Waals surface area contributed by atoms with Crippen LogP contribution in [0.25, 0.3) is 10.8 Å². The van der Waals surface area contributed by atoms with Crippen molar-refractivity contribution in [3.05, 3.63) is 65.3 Å². The van der Waals surface area contributed by atoms with Gasteiger partial charge >= 0.3 is 6.18 Å². The Balaban J connectivity index is 1.03. The van der Waals surface area contributed by atoms with Crippen molar-refractivity contribution in [2.75, 3.05) is 42.9 Å². The minimum Gasteiger partial charge on any atom is -0.372 e. The second-order valence-electron chi connectivity index (χ2n) is 12.6. The van der Waals surface area contributed by atoms with Gasteiger partial charge in [-0.3, -0.25) is 24.7 Å².